The van der Waals surface area contributed by atoms with Crippen molar-refractivity contribution in [1.29, 1.82) is 0 Å². The Bertz CT molecular complexity index is 3190. The molecule has 4 nitrogen and oxygen atoms in total. The molecule has 0 aliphatic rings. The molecule has 5 heteroatoms. The minimum atomic E-state index is -0.272. The first-order chi connectivity index (χ1) is 26.2. The van der Waals surface area contributed by atoms with Gasteiger partial charge in [0.2, 0.25) is 0 Å². The zero-order valence-corrected chi connectivity index (χ0v) is 28.2. The fourth-order valence-corrected chi connectivity index (χ4v) is 7.85. The van der Waals surface area contributed by atoms with Crippen LogP contribution in [0.25, 0.3) is 88.1 Å². The lowest BCUT2D eigenvalue weighted by atomic mass is 9.99. The Kier molecular flexibility index (Phi) is 6.40. The molecule has 11 aromatic rings. The minimum absolute atomic E-state index is 0.272. The van der Waals surface area contributed by atoms with Crippen molar-refractivity contribution in [3.63, 3.8) is 0 Å². The number of hydrogen-bond acceptors (Lipinski definition) is 4. The zero-order chi connectivity index (χ0) is 35.0. The first-order valence-electron chi connectivity index (χ1n) is 17.6. The maximum absolute atomic E-state index is 14.0. The predicted octanol–water partition coefficient (Wildman–Crippen LogP) is 14.3. The van der Waals surface area contributed by atoms with Gasteiger partial charge in [0.1, 0.15) is 39.3 Å². The molecule has 0 fully saturated rings. The molecular weight excluding hydrogens is 658 g/mol. The molecule has 250 valence electrons. The Morgan fingerprint density at radius 1 is 0.340 bits per heavy atom. The Balaban J connectivity index is 1.03. The number of benzene rings is 8. The van der Waals surface area contributed by atoms with Gasteiger partial charge in [-0.25, -0.2) is 4.39 Å². The van der Waals surface area contributed by atoms with Crippen molar-refractivity contribution in [2.75, 3.05) is 4.90 Å². The van der Waals surface area contributed by atoms with Crippen LogP contribution in [0.2, 0.25) is 0 Å². The third-order valence-corrected chi connectivity index (χ3v) is 10.3. The largest absolute Gasteiger partial charge is 0.456 e. The van der Waals surface area contributed by atoms with E-state index in [9.17, 15) is 4.39 Å². The summed E-state index contributed by atoms with van der Waals surface area (Å²) in [6.07, 6.45) is 0. The van der Waals surface area contributed by atoms with E-state index in [4.69, 9.17) is 13.3 Å². The molecule has 0 saturated carbocycles. The summed E-state index contributed by atoms with van der Waals surface area (Å²) in [4.78, 5) is 2.13. The summed E-state index contributed by atoms with van der Waals surface area (Å²) < 4.78 is 33.4. The molecule has 0 unspecified atom stereocenters. The second-order valence-electron chi connectivity index (χ2n) is 13.4. The van der Waals surface area contributed by atoms with Crippen molar-refractivity contribution in [2.24, 2.45) is 0 Å². The van der Waals surface area contributed by atoms with Crippen molar-refractivity contribution in [2.45, 2.75) is 0 Å². The Morgan fingerprint density at radius 2 is 0.887 bits per heavy atom. The van der Waals surface area contributed by atoms with Gasteiger partial charge < -0.3 is 18.2 Å². The average molecular weight is 686 g/mol. The van der Waals surface area contributed by atoms with Gasteiger partial charge in [0.25, 0.3) is 0 Å². The first-order valence-corrected chi connectivity index (χ1v) is 17.6. The van der Waals surface area contributed by atoms with Crippen molar-refractivity contribution in [3.8, 4) is 22.3 Å². The average Bonchev–Trinajstić information content (AvgIpc) is 3.90. The van der Waals surface area contributed by atoms with E-state index in [0.29, 0.717) is 0 Å². The van der Waals surface area contributed by atoms with Gasteiger partial charge in [-0.3, -0.25) is 0 Å². The van der Waals surface area contributed by atoms with Gasteiger partial charge in [0.05, 0.1) is 0 Å². The molecule has 0 amide bonds. The second kappa shape index (κ2) is 11.5. The lowest BCUT2D eigenvalue weighted by molar-refractivity contribution is 0.628. The fourth-order valence-electron chi connectivity index (χ4n) is 7.85. The van der Waals surface area contributed by atoms with Gasteiger partial charge in [0, 0.05) is 60.5 Å². The van der Waals surface area contributed by atoms with Crippen LogP contribution in [0.4, 0.5) is 21.5 Å². The molecule has 0 aliphatic heterocycles. The van der Waals surface area contributed by atoms with E-state index in [0.717, 1.165) is 105 Å². The van der Waals surface area contributed by atoms with Gasteiger partial charge >= 0.3 is 0 Å². The predicted molar refractivity (Wildman–Crippen MR) is 214 cm³/mol. The summed E-state index contributed by atoms with van der Waals surface area (Å²) in [5.41, 5.74) is 11.9. The molecule has 53 heavy (non-hydrogen) atoms. The quantitative estimate of drug-likeness (QED) is 0.181. The summed E-state index contributed by atoms with van der Waals surface area (Å²) >= 11 is 0. The molecule has 0 spiro atoms. The molecule has 0 aliphatic carbocycles. The highest BCUT2D eigenvalue weighted by Crippen LogP contribution is 2.44. The second-order valence-corrected chi connectivity index (χ2v) is 13.4. The molecule has 0 bridgehead atoms. The molecule has 0 atom stereocenters. The molecular formula is C48H28FNO3. The van der Waals surface area contributed by atoms with Crippen molar-refractivity contribution < 1.29 is 17.6 Å². The van der Waals surface area contributed by atoms with Crippen LogP contribution in [0.5, 0.6) is 0 Å². The van der Waals surface area contributed by atoms with Crippen LogP contribution in [0.15, 0.2) is 183 Å². The Labute approximate surface area is 302 Å². The maximum atomic E-state index is 14.0. The summed E-state index contributed by atoms with van der Waals surface area (Å²) in [5.74, 6) is -0.272. The molecule has 11 rings (SSSR count). The lowest BCUT2D eigenvalue weighted by Gasteiger charge is -2.25. The van der Waals surface area contributed by atoms with E-state index in [1.165, 1.54) is 12.1 Å². The van der Waals surface area contributed by atoms with Crippen LogP contribution in [0.3, 0.4) is 0 Å². The van der Waals surface area contributed by atoms with Gasteiger partial charge in [-0.1, -0.05) is 84.9 Å². The van der Waals surface area contributed by atoms with Crippen LogP contribution in [0, 0.1) is 5.82 Å². The lowest BCUT2D eigenvalue weighted by Crippen LogP contribution is -2.09. The van der Waals surface area contributed by atoms with Gasteiger partial charge in [-0.15, -0.1) is 0 Å². The van der Waals surface area contributed by atoms with Crippen molar-refractivity contribution in [3.05, 3.63) is 176 Å². The van der Waals surface area contributed by atoms with Gasteiger partial charge in [-0.05, 0) is 96.1 Å². The number of furan rings is 3. The highest BCUT2D eigenvalue weighted by Gasteiger charge is 2.20. The third kappa shape index (κ3) is 4.68. The van der Waals surface area contributed by atoms with Gasteiger partial charge in [0.15, 0.2) is 0 Å². The smallest absolute Gasteiger partial charge is 0.143 e. The number of halogens is 1. The molecule has 3 heterocycles. The molecule has 8 aromatic carbocycles. The van der Waals surface area contributed by atoms with Crippen LogP contribution >= 0.6 is 0 Å². The molecule has 0 saturated heterocycles. The monoisotopic (exact) mass is 685 g/mol. The maximum Gasteiger partial charge on any atom is 0.143 e. The van der Waals surface area contributed by atoms with Crippen molar-refractivity contribution >= 4 is 82.9 Å². The summed E-state index contributed by atoms with van der Waals surface area (Å²) in [6, 6.07) is 56.4. The van der Waals surface area contributed by atoms with E-state index in [1.807, 2.05) is 54.6 Å². The SMILES string of the molecule is Fc1ccc(N(c2ccccc2)c2ccc3oc4c(-c5cccc6c5oc5cc(-c7ccc8oc9ccccc9c8c7)ccc56)cccc4c3c2)cc1. The number of anilines is 3. The normalized spacial score (nSPS) is 11.9. The summed E-state index contributed by atoms with van der Waals surface area (Å²) in [6.45, 7) is 0. The number of hydrogen-bond donors (Lipinski definition) is 0. The summed E-state index contributed by atoms with van der Waals surface area (Å²) in [7, 11) is 0. The standard InChI is InChI=1S/C48H28FNO3/c49-31-18-20-33(21-19-31)50(32-8-2-1-3-9-32)34-22-25-45-42(28-34)40-14-7-13-39(48(40)52-45)38-12-6-11-37-36-23-16-30(27-46(36)53-47(37)38)29-17-24-44-41(26-29)35-10-4-5-15-43(35)51-44/h1-28H. The summed E-state index contributed by atoms with van der Waals surface area (Å²) in [5, 5.41) is 6.31. The number of para-hydroxylation sites is 4. The van der Waals surface area contributed by atoms with Crippen LogP contribution in [0.1, 0.15) is 0 Å². The zero-order valence-electron chi connectivity index (χ0n) is 28.2. The van der Waals surface area contributed by atoms with E-state index in [2.05, 4.69) is 95.9 Å². The fraction of sp³-hybridized carbons (Fsp3) is 0. The Morgan fingerprint density at radius 3 is 1.70 bits per heavy atom. The molecule has 0 N–H and O–H groups in total. The third-order valence-electron chi connectivity index (χ3n) is 10.3. The van der Waals surface area contributed by atoms with Crippen LogP contribution < -0.4 is 4.90 Å². The minimum Gasteiger partial charge on any atom is -0.456 e. The van der Waals surface area contributed by atoms with Crippen LogP contribution in [-0.4, -0.2) is 0 Å². The van der Waals surface area contributed by atoms with E-state index in [1.54, 1.807) is 12.1 Å². The van der Waals surface area contributed by atoms with Crippen molar-refractivity contribution in [1.82, 2.24) is 0 Å². The van der Waals surface area contributed by atoms with Gasteiger partial charge in [-0.2, -0.15) is 0 Å². The highest BCUT2D eigenvalue weighted by molar-refractivity contribution is 6.16. The van der Waals surface area contributed by atoms with E-state index < -0.39 is 0 Å². The number of nitrogens with zero attached hydrogens (tertiary/aromatic N) is 1. The van der Waals surface area contributed by atoms with E-state index >= 15 is 0 Å². The number of fused-ring (bicyclic) bond motifs is 9. The van der Waals surface area contributed by atoms with Crippen LogP contribution in [-0.2, 0) is 0 Å². The first kappa shape index (κ1) is 29.6. The number of rotatable bonds is 5. The topological polar surface area (TPSA) is 42.7 Å². The molecule has 3 aromatic heterocycles. The Hall–Kier alpha value is -7.11. The molecule has 0 radical (unpaired) electrons. The van der Waals surface area contributed by atoms with E-state index in [-0.39, 0.29) is 5.82 Å². The highest BCUT2D eigenvalue weighted by atomic mass is 19.1.